The zero-order chi connectivity index (χ0) is 11.3. The fourth-order valence-electron chi connectivity index (χ4n) is 1.11. The second kappa shape index (κ2) is 5.41. The molecule has 1 rings (SSSR count). The van der Waals surface area contributed by atoms with Gasteiger partial charge in [-0.15, -0.1) is 0 Å². The van der Waals surface area contributed by atoms with Crippen molar-refractivity contribution in [3.63, 3.8) is 0 Å². The first-order valence-corrected chi connectivity index (χ1v) is 4.88. The Labute approximate surface area is 93.4 Å². The first-order valence-electron chi connectivity index (χ1n) is 4.50. The van der Waals surface area contributed by atoms with E-state index < -0.39 is 5.97 Å². The average molecular weight is 226 g/mol. The van der Waals surface area contributed by atoms with Crippen LogP contribution < -0.4 is 5.32 Å². The van der Waals surface area contributed by atoms with E-state index in [1.807, 2.05) is 19.1 Å². The number of carboxylic acids is 1. The summed E-state index contributed by atoms with van der Waals surface area (Å²) in [4.78, 5) is 10.2. The van der Waals surface area contributed by atoms with Crippen molar-refractivity contribution >= 4 is 17.6 Å². The van der Waals surface area contributed by atoms with E-state index in [4.69, 9.17) is 16.7 Å². The summed E-state index contributed by atoms with van der Waals surface area (Å²) in [6.45, 7) is 1.94. The van der Waals surface area contributed by atoms with Gasteiger partial charge in [-0.25, -0.2) is 4.79 Å². The summed E-state index contributed by atoms with van der Waals surface area (Å²) in [5.74, 6) is -0.967. The Bertz CT molecular complexity index is 359. The largest absolute Gasteiger partial charge is 0.478 e. The van der Waals surface area contributed by atoms with E-state index in [-0.39, 0.29) is 6.04 Å². The molecule has 0 radical (unpaired) electrons. The predicted molar refractivity (Wildman–Crippen MR) is 59.8 cm³/mol. The molecule has 0 aliphatic heterocycles. The summed E-state index contributed by atoms with van der Waals surface area (Å²) in [6.07, 6.45) is 2.48. The highest BCUT2D eigenvalue weighted by Gasteiger charge is 2.01. The molecule has 2 N–H and O–H groups in total. The Balaban J connectivity index is 2.57. The number of aliphatic carboxylic acids is 1. The monoisotopic (exact) mass is 225 g/mol. The van der Waals surface area contributed by atoms with Crippen molar-refractivity contribution in [3.8, 4) is 0 Å². The van der Waals surface area contributed by atoms with E-state index in [1.54, 1.807) is 12.1 Å². The lowest BCUT2D eigenvalue weighted by atomic mass is 10.1. The minimum Gasteiger partial charge on any atom is -0.478 e. The molecule has 80 valence electrons. The second-order valence-electron chi connectivity index (χ2n) is 3.11. The van der Waals surface area contributed by atoms with Crippen molar-refractivity contribution in [2.24, 2.45) is 0 Å². The molecule has 3 nitrogen and oxygen atoms in total. The number of halogens is 1. The van der Waals surface area contributed by atoms with Crippen LogP contribution in [0, 0.1) is 0 Å². The zero-order valence-electron chi connectivity index (χ0n) is 8.27. The lowest BCUT2D eigenvalue weighted by molar-refractivity contribution is -0.131. The molecule has 1 atom stereocenters. The van der Waals surface area contributed by atoms with Crippen molar-refractivity contribution < 1.29 is 9.90 Å². The highest BCUT2D eigenvalue weighted by molar-refractivity contribution is 6.30. The van der Waals surface area contributed by atoms with Crippen LogP contribution in [0.2, 0.25) is 5.02 Å². The van der Waals surface area contributed by atoms with Gasteiger partial charge in [0.1, 0.15) is 0 Å². The molecule has 0 unspecified atom stereocenters. The predicted octanol–water partition coefficient (Wildman–Crippen LogP) is 2.59. The second-order valence-corrected chi connectivity index (χ2v) is 3.55. The lowest BCUT2D eigenvalue weighted by Gasteiger charge is -2.11. The molecule has 15 heavy (non-hydrogen) atoms. The van der Waals surface area contributed by atoms with Gasteiger partial charge >= 0.3 is 5.97 Å². The van der Waals surface area contributed by atoms with Gasteiger partial charge < -0.3 is 10.4 Å². The van der Waals surface area contributed by atoms with Crippen molar-refractivity contribution in [3.05, 3.63) is 47.1 Å². The normalized spacial score (nSPS) is 12.7. The molecular formula is C11H12ClNO2. The molecule has 1 aromatic rings. The summed E-state index contributed by atoms with van der Waals surface area (Å²) in [6, 6.07) is 7.45. The van der Waals surface area contributed by atoms with Crippen LogP contribution in [-0.2, 0) is 4.79 Å². The molecule has 0 saturated carbocycles. The zero-order valence-corrected chi connectivity index (χ0v) is 9.03. The fourth-order valence-corrected chi connectivity index (χ4v) is 1.24. The topological polar surface area (TPSA) is 49.3 Å². The van der Waals surface area contributed by atoms with Crippen molar-refractivity contribution in [2.75, 3.05) is 0 Å². The molecule has 0 aliphatic rings. The van der Waals surface area contributed by atoms with Gasteiger partial charge in [-0.05, 0) is 24.6 Å². The van der Waals surface area contributed by atoms with Gasteiger partial charge in [-0.2, -0.15) is 0 Å². The van der Waals surface area contributed by atoms with Gasteiger partial charge in [0.25, 0.3) is 0 Å². The van der Waals surface area contributed by atoms with Gasteiger partial charge in [0.2, 0.25) is 0 Å². The van der Waals surface area contributed by atoms with Crippen molar-refractivity contribution in [1.29, 1.82) is 0 Å². The van der Waals surface area contributed by atoms with Crippen LogP contribution in [0.3, 0.4) is 0 Å². The van der Waals surface area contributed by atoms with Gasteiger partial charge in [-0.3, -0.25) is 0 Å². The van der Waals surface area contributed by atoms with E-state index in [1.165, 1.54) is 6.20 Å². The summed E-state index contributed by atoms with van der Waals surface area (Å²) in [5, 5.41) is 12.0. The summed E-state index contributed by atoms with van der Waals surface area (Å²) >= 11 is 5.75. The summed E-state index contributed by atoms with van der Waals surface area (Å²) in [5.41, 5.74) is 1.05. The number of hydrogen-bond donors (Lipinski definition) is 2. The summed E-state index contributed by atoms with van der Waals surface area (Å²) < 4.78 is 0. The SMILES string of the molecule is C[C@H](N/C=C/C(=O)O)c1ccc(Cl)cc1. The molecule has 0 saturated heterocycles. The molecule has 0 heterocycles. The first-order chi connectivity index (χ1) is 7.09. The van der Waals surface area contributed by atoms with Crippen LogP contribution in [0.15, 0.2) is 36.5 Å². The molecular weight excluding hydrogens is 214 g/mol. The van der Waals surface area contributed by atoms with Crippen LogP contribution in [0.1, 0.15) is 18.5 Å². The Morgan fingerprint density at radius 2 is 2.07 bits per heavy atom. The van der Waals surface area contributed by atoms with Crippen molar-refractivity contribution in [2.45, 2.75) is 13.0 Å². The van der Waals surface area contributed by atoms with E-state index in [2.05, 4.69) is 5.32 Å². The highest BCUT2D eigenvalue weighted by atomic mass is 35.5. The van der Waals surface area contributed by atoms with E-state index >= 15 is 0 Å². The quantitative estimate of drug-likeness (QED) is 0.775. The average Bonchev–Trinajstić information content (AvgIpc) is 2.18. The first kappa shape index (κ1) is 11.6. The Morgan fingerprint density at radius 1 is 1.47 bits per heavy atom. The Morgan fingerprint density at radius 3 is 2.60 bits per heavy atom. The Kier molecular flexibility index (Phi) is 4.18. The van der Waals surface area contributed by atoms with Gasteiger partial charge in [0.15, 0.2) is 0 Å². The third-order valence-electron chi connectivity index (χ3n) is 1.94. The van der Waals surface area contributed by atoms with Crippen LogP contribution in [0.4, 0.5) is 0 Å². The number of carbonyl (C=O) groups is 1. The van der Waals surface area contributed by atoms with E-state index in [0.29, 0.717) is 5.02 Å². The van der Waals surface area contributed by atoms with Gasteiger partial charge in [0.05, 0.1) is 0 Å². The lowest BCUT2D eigenvalue weighted by Crippen LogP contribution is -2.11. The van der Waals surface area contributed by atoms with Gasteiger partial charge in [-0.1, -0.05) is 23.7 Å². The molecule has 0 amide bonds. The molecule has 1 aromatic carbocycles. The molecule has 0 bridgehead atoms. The molecule has 0 fully saturated rings. The highest BCUT2D eigenvalue weighted by Crippen LogP contribution is 2.15. The molecule has 0 aromatic heterocycles. The molecule has 4 heteroatoms. The summed E-state index contributed by atoms with van der Waals surface area (Å²) in [7, 11) is 0. The van der Waals surface area contributed by atoms with Crippen LogP contribution in [0.25, 0.3) is 0 Å². The van der Waals surface area contributed by atoms with Crippen molar-refractivity contribution in [1.82, 2.24) is 5.32 Å². The maximum absolute atomic E-state index is 10.2. The minimum absolute atomic E-state index is 0.0536. The van der Waals surface area contributed by atoms with E-state index in [9.17, 15) is 4.79 Å². The number of benzene rings is 1. The number of carboxylic acid groups (broad SMARTS) is 1. The maximum atomic E-state index is 10.2. The number of hydrogen-bond acceptors (Lipinski definition) is 2. The third kappa shape index (κ3) is 4.04. The number of nitrogens with one attached hydrogen (secondary N) is 1. The smallest absolute Gasteiger partial charge is 0.329 e. The fraction of sp³-hybridized carbons (Fsp3) is 0.182. The standard InChI is InChI=1S/C11H12ClNO2/c1-8(13-7-6-11(14)15)9-2-4-10(12)5-3-9/h2-8,13H,1H3,(H,14,15)/b7-6+/t8-/m0/s1. The molecule has 0 spiro atoms. The third-order valence-corrected chi connectivity index (χ3v) is 2.19. The van der Waals surface area contributed by atoms with E-state index in [0.717, 1.165) is 11.6 Å². The van der Waals surface area contributed by atoms with Gasteiger partial charge in [0, 0.05) is 23.3 Å². The minimum atomic E-state index is -0.967. The van der Waals surface area contributed by atoms with Crippen LogP contribution in [-0.4, -0.2) is 11.1 Å². The number of rotatable bonds is 4. The Hall–Kier alpha value is -1.48. The molecule has 0 aliphatic carbocycles. The van der Waals surface area contributed by atoms with Crippen LogP contribution >= 0.6 is 11.6 Å². The van der Waals surface area contributed by atoms with Crippen LogP contribution in [0.5, 0.6) is 0 Å². The maximum Gasteiger partial charge on any atom is 0.329 e.